The minimum Gasteiger partial charge on any atom is -0.304 e. The number of anilines is 1. The molecule has 0 aliphatic rings. The first-order chi connectivity index (χ1) is 9.06. The van der Waals surface area contributed by atoms with E-state index in [9.17, 15) is 13.6 Å². The zero-order valence-corrected chi connectivity index (χ0v) is 11.1. The van der Waals surface area contributed by atoms with Gasteiger partial charge in [-0.2, -0.15) is 5.10 Å². The lowest BCUT2D eigenvalue weighted by molar-refractivity contribution is 0.102. The number of hydrogen-bond acceptors (Lipinski definition) is 3. The Morgan fingerprint density at radius 2 is 2.26 bits per heavy atom. The van der Waals surface area contributed by atoms with Crippen LogP contribution in [-0.4, -0.2) is 27.1 Å². The number of hydrogen-bond donors (Lipinski definition) is 1. The van der Waals surface area contributed by atoms with Crippen LogP contribution >= 0.6 is 15.9 Å². The quantitative estimate of drug-likeness (QED) is 0.937. The Kier molecular flexibility index (Phi) is 4.20. The van der Waals surface area contributed by atoms with E-state index in [0.717, 1.165) is 4.68 Å². The minimum atomic E-state index is -2.49. The van der Waals surface area contributed by atoms with Crippen LogP contribution in [0.1, 0.15) is 10.5 Å². The molecule has 2 rings (SSSR count). The van der Waals surface area contributed by atoms with Gasteiger partial charge < -0.3 is 5.32 Å². The largest absolute Gasteiger partial charge is 0.304 e. The van der Waals surface area contributed by atoms with Gasteiger partial charge in [-0.05, 0) is 28.1 Å². The number of carbonyl (C=O) groups is 1. The van der Waals surface area contributed by atoms with Gasteiger partial charge in [0.15, 0.2) is 5.82 Å². The number of rotatable bonds is 4. The number of nitrogens with zero attached hydrogens (tertiary/aromatic N) is 3. The predicted molar refractivity (Wildman–Crippen MR) is 68.1 cm³/mol. The average Bonchev–Trinajstić information content (AvgIpc) is 2.76. The van der Waals surface area contributed by atoms with Gasteiger partial charge in [-0.25, -0.2) is 13.8 Å². The number of pyridine rings is 1. The van der Waals surface area contributed by atoms with Crippen LogP contribution in [-0.2, 0) is 6.54 Å². The number of alkyl halides is 2. The molecule has 0 aliphatic heterocycles. The fraction of sp³-hybridized carbons (Fsp3) is 0.182. The Balaban J connectivity index is 2.07. The van der Waals surface area contributed by atoms with Crippen molar-refractivity contribution < 1.29 is 13.6 Å². The molecular weight excluding hydrogens is 322 g/mol. The molecule has 0 unspecified atom stereocenters. The molecule has 1 N–H and O–H groups in total. The van der Waals surface area contributed by atoms with Crippen LogP contribution < -0.4 is 5.32 Å². The number of amides is 1. The van der Waals surface area contributed by atoms with E-state index in [-0.39, 0.29) is 11.5 Å². The third-order valence-electron chi connectivity index (χ3n) is 2.18. The first-order valence-electron chi connectivity index (χ1n) is 5.29. The summed E-state index contributed by atoms with van der Waals surface area (Å²) >= 11 is 3.20. The van der Waals surface area contributed by atoms with Gasteiger partial charge >= 0.3 is 0 Å². The van der Waals surface area contributed by atoms with E-state index in [1.54, 1.807) is 12.1 Å². The third-order valence-corrected chi connectivity index (χ3v) is 2.82. The molecular formula is C11H9BrF2N4O. The standard InChI is InChI=1S/C11H9BrF2N4O/c12-7-2-1-4-15-10(7)11(19)16-9-3-5-18(17-9)6-8(13)14/h1-5,8H,6H2,(H,16,17,19). The highest BCUT2D eigenvalue weighted by atomic mass is 79.9. The Bertz CT molecular complexity index is 588. The van der Waals surface area contributed by atoms with E-state index in [2.05, 4.69) is 31.3 Å². The molecule has 100 valence electrons. The lowest BCUT2D eigenvalue weighted by Crippen LogP contribution is -2.15. The van der Waals surface area contributed by atoms with Crippen molar-refractivity contribution in [2.24, 2.45) is 0 Å². The molecule has 0 aromatic carbocycles. The lowest BCUT2D eigenvalue weighted by atomic mass is 10.3. The smallest absolute Gasteiger partial charge is 0.276 e. The molecule has 0 bridgehead atoms. The summed E-state index contributed by atoms with van der Waals surface area (Å²) in [6.45, 7) is -0.511. The molecule has 0 radical (unpaired) electrons. The summed E-state index contributed by atoms with van der Waals surface area (Å²) in [6.07, 6.45) is 0.359. The average molecular weight is 331 g/mol. The van der Waals surface area contributed by atoms with Crippen LogP contribution in [0.5, 0.6) is 0 Å². The second-order valence-corrected chi connectivity index (χ2v) is 4.46. The van der Waals surface area contributed by atoms with Crippen molar-refractivity contribution in [1.29, 1.82) is 0 Å². The molecule has 0 saturated heterocycles. The Hall–Kier alpha value is -1.83. The number of carbonyl (C=O) groups excluding carboxylic acids is 1. The van der Waals surface area contributed by atoms with Gasteiger partial charge in [-0.3, -0.25) is 9.48 Å². The molecule has 5 nitrogen and oxygen atoms in total. The molecule has 0 saturated carbocycles. The monoisotopic (exact) mass is 330 g/mol. The number of aromatic nitrogens is 3. The predicted octanol–water partition coefficient (Wildman–Crippen LogP) is 2.56. The summed E-state index contributed by atoms with van der Waals surface area (Å²) < 4.78 is 25.9. The van der Waals surface area contributed by atoms with E-state index in [1.807, 2.05) is 0 Å². The highest BCUT2D eigenvalue weighted by Gasteiger charge is 2.13. The van der Waals surface area contributed by atoms with Gasteiger partial charge in [-0.1, -0.05) is 0 Å². The SMILES string of the molecule is O=C(Nc1ccn(CC(F)F)n1)c1ncccc1Br. The van der Waals surface area contributed by atoms with Crippen LogP contribution in [0.25, 0.3) is 0 Å². The van der Waals surface area contributed by atoms with E-state index >= 15 is 0 Å². The fourth-order valence-electron chi connectivity index (χ4n) is 1.40. The van der Waals surface area contributed by atoms with E-state index in [0.29, 0.717) is 4.47 Å². The summed E-state index contributed by atoms with van der Waals surface area (Å²) in [5, 5.41) is 6.29. The van der Waals surface area contributed by atoms with Crippen LogP contribution in [0, 0.1) is 0 Å². The van der Waals surface area contributed by atoms with Crippen molar-refractivity contribution in [2.75, 3.05) is 5.32 Å². The summed E-state index contributed by atoms with van der Waals surface area (Å²) in [7, 11) is 0. The Labute approximate surface area is 115 Å². The van der Waals surface area contributed by atoms with Crippen molar-refractivity contribution >= 4 is 27.7 Å². The molecule has 1 amide bonds. The highest BCUT2D eigenvalue weighted by Crippen LogP contribution is 2.15. The molecule has 0 aliphatic carbocycles. The van der Waals surface area contributed by atoms with Crippen LogP contribution in [0.2, 0.25) is 0 Å². The topological polar surface area (TPSA) is 59.8 Å². The second kappa shape index (κ2) is 5.87. The molecule has 8 heteroatoms. The molecule has 2 aromatic rings. The Morgan fingerprint density at radius 3 is 2.95 bits per heavy atom. The fourth-order valence-corrected chi connectivity index (χ4v) is 1.83. The third kappa shape index (κ3) is 3.57. The zero-order valence-electron chi connectivity index (χ0n) is 9.55. The summed E-state index contributed by atoms with van der Waals surface area (Å²) in [4.78, 5) is 15.8. The molecule has 0 spiro atoms. The highest BCUT2D eigenvalue weighted by molar-refractivity contribution is 9.10. The van der Waals surface area contributed by atoms with Crippen molar-refractivity contribution in [3.63, 3.8) is 0 Å². The number of nitrogens with one attached hydrogen (secondary N) is 1. The zero-order chi connectivity index (χ0) is 13.8. The van der Waals surface area contributed by atoms with Crippen molar-refractivity contribution in [3.05, 3.63) is 40.8 Å². The normalized spacial score (nSPS) is 10.7. The van der Waals surface area contributed by atoms with Crippen LogP contribution in [0.3, 0.4) is 0 Å². The van der Waals surface area contributed by atoms with E-state index in [4.69, 9.17) is 0 Å². The first-order valence-corrected chi connectivity index (χ1v) is 6.09. The summed E-state index contributed by atoms with van der Waals surface area (Å²) in [5.41, 5.74) is 0.200. The molecule has 2 aromatic heterocycles. The van der Waals surface area contributed by atoms with Crippen LogP contribution in [0.4, 0.5) is 14.6 Å². The first kappa shape index (κ1) is 13.6. The van der Waals surface area contributed by atoms with Gasteiger partial charge in [0.05, 0.1) is 0 Å². The van der Waals surface area contributed by atoms with Gasteiger partial charge in [0.1, 0.15) is 12.2 Å². The maximum Gasteiger partial charge on any atom is 0.276 e. The minimum absolute atomic E-state index is 0.197. The van der Waals surface area contributed by atoms with Crippen molar-refractivity contribution in [2.45, 2.75) is 13.0 Å². The van der Waals surface area contributed by atoms with E-state index < -0.39 is 18.9 Å². The molecule has 0 atom stereocenters. The van der Waals surface area contributed by atoms with Gasteiger partial charge in [-0.15, -0.1) is 0 Å². The molecule has 2 heterocycles. The van der Waals surface area contributed by atoms with Crippen molar-refractivity contribution in [3.8, 4) is 0 Å². The van der Waals surface area contributed by atoms with Crippen molar-refractivity contribution in [1.82, 2.24) is 14.8 Å². The maximum atomic E-state index is 12.1. The molecule has 19 heavy (non-hydrogen) atoms. The summed E-state index contributed by atoms with van der Waals surface area (Å²) in [6, 6.07) is 4.80. The van der Waals surface area contributed by atoms with Gasteiger partial charge in [0, 0.05) is 22.9 Å². The second-order valence-electron chi connectivity index (χ2n) is 3.60. The van der Waals surface area contributed by atoms with Gasteiger partial charge in [0.2, 0.25) is 0 Å². The molecule has 0 fully saturated rings. The van der Waals surface area contributed by atoms with Crippen LogP contribution in [0.15, 0.2) is 35.1 Å². The maximum absolute atomic E-state index is 12.1. The van der Waals surface area contributed by atoms with E-state index in [1.165, 1.54) is 18.5 Å². The lowest BCUT2D eigenvalue weighted by Gasteiger charge is -2.03. The Morgan fingerprint density at radius 1 is 1.47 bits per heavy atom. The van der Waals surface area contributed by atoms with Gasteiger partial charge in [0.25, 0.3) is 12.3 Å². The number of halogens is 3. The summed E-state index contributed by atoms with van der Waals surface area (Å²) in [5.74, 6) is -0.266.